The number of carboxylic acids is 1. The third kappa shape index (κ3) is 2.14. The number of non-ortho nitro benzene ring substituents is 1. The van der Waals surface area contributed by atoms with Gasteiger partial charge in [-0.15, -0.1) is 0 Å². The van der Waals surface area contributed by atoms with Crippen molar-refractivity contribution in [2.24, 2.45) is 5.41 Å². The Kier molecular flexibility index (Phi) is 3.20. The van der Waals surface area contributed by atoms with E-state index in [1.165, 1.54) is 6.07 Å². The number of hydrogen-bond acceptors (Lipinski definition) is 5. The van der Waals surface area contributed by atoms with Gasteiger partial charge in [-0.2, -0.15) is 0 Å². The van der Waals surface area contributed by atoms with Crippen LogP contribution in [0.25, 0.3) is 10.9 Å². The highest BCUT2D eigenvalue weighted by atomic mass is 16.6. The van der Waals surface area contributed by atoms with Gasteiger partial charge in [0.15, 0.2) is 0 Å². The van der Waals surface area contributed by atoms with E-state index in [1.807, 2.05) is 4.90 Å². The number of aliphatic carboxylic acids is 1. The second-order valence-electron chi connectivity index (χ2n) is 5.80. The van der Waals surface area contributed by atoms with Gasteiger partial charge in [0, 0.05) is 25.4 Å². The largest absolute Gasteiger partial charge is 0.481 e. The molecule has 22 heavy (non-hydrogen) atoms. The number of nitro groups is 1. The number of aromatic nitrogens is 1. The van der Waals surface area contributed by atoms with E-state index in [1.54, 1.807) is 31.3 Å². The lowest BCUT2D eigenvalue weighted by Gasteiger charge is -2.22. The average molecular weight is 301 g/mol. The fourth-order valence-corrected chi connectivity index (χ4v) is 2.90. The molecule has 7 nitrogen and oxygen atoms in total. The monoisotopic (exact) mass is 301 g/mol. The van der Waals surface area contributed by atoms with Crippen molar-refractivity contribution < 1.29 is 14.8 Å². The van der Waals surface area contributed by atoms with Crippen molar-refractivity contribution in [3.05, 3.63) is 40.6 Å². The SMILES string of the molecule is CC1(C(=O)O)CCN(c2ccc([N+](=O)[O-])c3cccnc23)C1. The molecule has 0 aliphatic carbocycles. The Morgan fingerprint density at radius 2 is 2.23 bits per heavy atom. The maximum Gasteiger partial charge on any atom is 0.311 e. The fourth-order valence-electron chi connectivity index (χ4n) is 2.90. The van der Waals surface area contributed by atoms with E-state index in [0.29, 0.717) is 30.4 Å². The molecule has 2 aromatic rings. The summed E-state index contributed by atoms with van der Waals surface area (Å²) in [5.74, 6) is -0.825. The molecule has 1 atom stereocenters. The predicted molar refractivity (Wildman–Crippen MR) is 81.0 cm³/mol. The van der Waals surface area contributed by atoms with Crippen LogP contribution in [0.1, 0.15) is 13.3 Å². The molecule has 1 saturated heterocycles. The third-order valence-corrected chi connectivity index (χ3v) is 4.25. The first kappa shape index (κ1) is 14.2. The van der Waals surface area contributed by atoms with E-state index in [0.717, 1.165) is 5.69 Å². The highest BCUT2D eigenvalue weighted by molar-refractivity contribution is 5.97. The summed E-state index contributed by atoms with van der Waals surface area (Å²) < 4.78 is 0. The van der Waals surface area contributed by atoms with Crippen LogP contribution in [0.2, 0.25) is 0 Å². The normalized spacial score (nSPS) is 21.2. The minimum absolute atomic E-state index is 0.00652. The van der Waals surface area contributed by atoms with Gasteiger partial charge in [0.1, 0.15) is 5.52 Å². The van der Waals surface area contributed by atoms with Crippen molar-refractivity contribution in [2.75, 3.05) is 18.0 Å². The molecular formula is C15H15N3O4. The molecule has 1 aromatic heterocycles. The molecule has 1 aliphatic heterocycles. The first-order valence-electron chi connectivity index (χ1n) is 6.93. The molecule has 1 aromatic carbocycles. The first-order valence-corrected chi connectivity index (χ1v) is 6.93. The topological polar surface area (TPSA) is 96.6 Å². The lowest BCUT2D eigenvalue weighted by atomic mass is 9.90. The number of pyridine rings is 1. The van der Waals surface area contributed by atoms with Crippen molar-refractivity contribution in [1.82, 2.24) is 4.98 Å². The number of fused-ring (bicyclic) bond motifs is 1. The molecule has 3 rings (SSSR count). The van der Waals surface area contributed by atoms with Crippen LogP contribution in [-0.2, 0) is 4.79 Å². The standard InChI is InChI=1S/C15H15N3O4/c1-15(14(19)20)6-8-17(9-15)12-5-4-11(18(21)22)10-3-2-7-16-13(10)12/h2-5,7H,6,8-9H2,1H3,(H,19,20). The zero-order valence-electron chi connectivity index (χ0n) is 12.0. The number of anilines is 1. The number of hydrogen-bond donors (Lipinski definition) is 1. The molecule has 1 N–H and O–H groups in total. The van der Waals surface area contributed by atoms with Crippen LogP contribution >= 0.6 is 0 Å². The van der Waals surface area contributed by atoms with Gasteiger partial charge in [-0.3, -0.25) is 19.9 Å². The van der Waals surface area contributed by atoms with Crippen LogP contribution in [0.5, 0.6) is 0 Å². The Bertz CT molecular complexity index is 776. The van der Waals surface area contributed by atoms with Crippen LogP contribution in [-0.4, -0.2) is 34.1 Å². The summed E-state index contributed by atoms with van der Waals surface area (Å²) in [5, 5.41) is 20.9. The van der Waals surface area contributed by atoms with Gasteiger partial charge >= 0.3 is 5.97 Å². The number of nitro benzene ring substituents is 1. The maximum absolute atomic E-state index is 11.4. The zero-order valence-corrected chi connectivity index (χ0v) is 12.0. The van der Waals surface area contributed by atoms with Gasteiger partial charge in [0.25, 0.3) is 5.69 Å². The second-order valence-corrected chi connectivity index (χ2v) is 5.80. The smallest absolute Gasteiger partial charge is 0.311 e. The molecule has 1 unspecified atom stereocenters. The van der Waals surface area contributed by atoms with Crippen molar-refractivity contribution in [3.8, 4) is 0 Å². The highest BCUT2D eigenvalue weighted by Crippen LogP contribution is 2.38. The second kappa shape index (κ2) is 4.94. The van der Waals surface area contributed by atoms with Crippen LogP contribution in [0, 0.1) is 15.5 Å². The Labute approximate surface area is 126 Å². The summed E-state index contributed by atoms with van der Waals surface area (Å²) >= 11 is 0. The van der Waals surface area contributed by atoms with E-state index in [-0.39, 0.29) is 5.69 Å². The van der Waals surface area contributed by atoms with E-state index >= 15 is 0 Å². The Balaban J connectivity index is 2.08. The highest BCUT2D eigenvalue weighted by Gasteiger charge is 2.41. The molecule has 2 heterocycles. The predicted octanol–water partition coefficient (Wildman–Crippen LogP) is 2.44. The summed E-state index contributed by atoms with van der Waals surface area (Å²) in [6.07, 6.45) is 2.12. The van der Waals surface area contributed by atoms with E-state index in [9.17, 15) is 20.0 Å². The summed E-state index contributed by atoms with van der Waals surface area (Å²) in [6.45, 7) is 2.68. The number of benzene rings is 1. The average Bonchev–Trinajstić information content (AvgIpc) is 2.89. The van der Waals surface area contributed by atoms with Crippen molar-refractivity contribution in [2.45, 2.75) is 13.3 Å². The molecule has 7 heteroatoms. The van der Waals surface area contributed by atoms with Gasteiger partial charge in [0.05, 0.1) is 21.4 Å². The van der Waals surface area contributed by atoms with Crippen molar-refractivity contribution in [3.63, 3.8) is 0 Å². The molecule has 0 spiro atoms. The number of nitrogens with zero attached hydrogens (tertiary/aromatic N) is 3. The molecule has 1 aliphatic rings. The van der Waals surface area contributed by atoms with Gasteiger partial charge in [-0.25, -0.2) is 0 Å². The van der Waals surface area contributed by atoms with E-state index in [2.05, 4.69) is 4.98 Å². The number of carboxylic acid groups (broad SMARTS) is 1. The fraction of sp³-hybridized carbons (Fsp3) is 0.333. The quantitative estimate of drug-likeness (QED) is 0.691. The lowest BCUT2D eigenvalue weighted by Crippen LogP contribution is -2.31. The van der Waals surface area contributed by atoms with Crippen LogP contribution in [0.15, 0.2) is 30.5 Å². The summed E-state index contributed by atoms with van der Waals surface area (Å²) in [5.41, 5.74) is 0.479. The number of rotatable bonds is 3. The first-order chi connectivity index (χ1) is 10.4. The Morgan fingerprint density at radius 3 is 2.86 bits per heavy atom. The Hall–Kier alpha value is -2.70. The van der Waals surface area contributed by atoms with Gasteiger partial charge in [-0.1, -0.05) is 0 Å². The lowest BCUT2D eigenvalue weighted by molar-refractivity contribution is -0.383. The van der Waals surface area contributed by atoms with Crippen molar-refractivity contribution >= 4 is 28.2 Å². The zero-order chi connectivity index (χ0) is 15.9. The summed E-state index contributed by atoms with van der Waals surface area (Å²) in [6, 6.07) is 6.43. The molecule has 0 saturated carbocycles. The van der Waals surface area contributed by atoms with Crippen LogP contribution in [0.3, 0.4) is 0 Å². The van der Waals surface area contributed by atoms with Crippen LogP contribution < -0.4 is 4.90 Å². The Morgan fingerprint density at radius 1 is 1.45 bits per heavy atom. The maximum atomic E-state index is 11.4. The molecule has 0 amide bonds. The molecule has 114 valence electrons. The minimum atomic E-state index is -0.825. The van der Waals surface area contributed by atoms with Gasteiger partial charge < -0.3 is 10.0 Å². The minimum Gasteiger partial charge on any atom is -0.481 e. The van der Waals surface area contributed by atoms with E-state index < -0.39 is 16.3 Å². The number of carbonyl (C=O) groups is 1. The summed E-state index contributed by atoms with van der Waals surface area (Å²) in [7, 11) is 0. The van der Waals surface area contributed by atoms with Gasteiger partial charge in [0.2, 0.25) is 0 Å². The van der Waals surface area contributed by atoms with Crippen molar-refractivity contribution in [1.29, 1.82) is 0 Å². The summed E-state index contributed by atoms with van der Waals surface area (Å²) in [4.78, 5) is 28.3. The van der Waals surface area contributed by atoms with Crippen LogP contribution in [0.4, 0.5) is 11.4 Å². The van der Waals surface area contributed by atoms with Gasteiger partial charge in [-0.05, 0) is 31.5 Å². The third-order valence-electron chi connectivity index (χ3n) is 4.25. The van der Waals surface area contributed by atoms with E-state index in [4.69, 9.17) is 0 Å². The molecule has 0 radical (unpaired) electrons. The molecular weight excluding hydrogens is 286 g/mol. The molecule has 1 fully saturated rings. The molecule has 0 bridgehead atoms.